The van der Waals surface area contributed by atoms with Gasteiger partial charge in [0.05, 0.1) is 11.6 Å². The molecule has 1 aliphatic heterocycles. The molecule has 7 nitrogen and oxygen atoms in total. The molecular weight excluding hydrogens is 334 g/mol. The van der Waals surface area contributed by atoms with Gasteiger partial charge in [-0.1, -0.05) is 0 Å². The first-order valence-electron chi connectivity index (χ1n) is 8.67. The van der Waals surface area contributed by atoms with E-state index in [1.165, 1.54) is 12.1 Å². The van der Waals surface area contributed by atoms with Crippen LogP contribution in [0.15, 0.2) is 24.3 Å². The van der Waals surface area contributed by atoms with Crippen LogP contribution in [0.4, 0.5) is 5.69 Å². The summed E-state index contributed by atoms with van der Waals surface area (Å²) in [6, 6.07) is 8.15. The van der Waals surface area contributed by atoms with Crippen LogP contribution in [0.2, 0.25) is 0 Å². The lowest BCUT2D eigenvalue weighted by atomic mass is 9.97. The Hall–Kier alpha value is -2.88. The van der Waals surface area contributed by atoms with Crippen LogP contribution in [0.1, 0.15) is 49.9 Å². The molecule has 1 aliphatic rings. The molecular formula is C19H23N3O4. The van der Waals surface area contributed by atoms with Crippen molar-refractivity contribution in [2.24, 2.45) is 0 Å². The SMILES string of the molecule is C[C@@H]1CCC[C@H](C)N1C(=O)COC(=O)c1ccc(NC(=O)CC#N)cc1. The average Bonchev–Trinajstić information content (AvgIpc) is 2.60. The molecule has 0 saturated carbocycles. The quantitative estimate of drug-likeness (QED) is 0.816. The first kappa shape index (κ1) is 19.4. The summed E-state index contributed by atoms with van der Waals surface area (Å²) in [5.41, 5.74) is 0.768. The van der Waals surface area contributed by atoms with E-state index in [9.17, 15) is 14.4 Å². The molecule has 1 N–H and O–H groups in total. The van der Waals surface area contributed by atoms with Crippen LogP contribution in [0, 0.1) is 11.3 Å². The lowest BCUT2D eigenvalue weighted by Crippen LogP contribution is -2.49. The molecule has 1 fully saturated rings. The number of carbonyl (C=O) groups excluding carboxylic acids is 3. The normalized spacial score (nSPS) is 19.3. The number of hydrogen-bond acceptors (Lipinski definition) is 5. The number of benzene rings is 1. The fraction of sp³-hybridized carbons (Fsp3) is 0.474. The van der Waals surface area contributed by atoms with Crippen LogP contribution in [0.5, 0.6) is 0 Å². The number of carbonyl (C=O) groups is 3. The Balaban J connectivity index is 1.88. The largest absolute Gasteiger partial charge is 0.452 e. The third-order valence-corrected chi connectivity index (χ3v) is 4.45. The minimum Gasteiger partial charge on any atom is -0.452 e. The number of ether oxygens (including phenoxy) is 1. The second-order valence-electron chi connectivity index (χ2n) is 6.47. The van der Waals surface area contributed by atoms with Gasteiger partial charge in [-0.25, -0.2) is 4.79 Å². The maximum absolute atomic E-state index is 12.4. The van der Waals surface area contributed by atoms with Crippen molar-refractivity contribution < 1.29 is 19.1 Å². The molecule has 1 aromatic carbocycles. The van der Waals surface area contributed by atoms with Gasteiger partial charge in [0.25, 0.3) is 5.91 Å². The van der Waals surface area contributed by atoms with Crippen LogP contribution in [-0.4, -0.2) is 41.4 Å². The molecule has 138 valence electrons. The van der Waals surface area contributed by atoms with E-state index in [1.54, 1.807) is 23.1 Å². The summed E-state index contributed by atoms with van der Waals surface area (Å²) in [6.07, 6.45) is 2.79. The summed E-state index contributed by atoms with van der Waals surface area (Å²) in [5, 5.41) is 11.0. The minimum absolute atomic E-state index is 0.154. The van der Waals surface area contributed by atoms with Crippen molar-refractivity contribution in [3.63, 3.8) is 0 Å². The van der Waals surface area contributed by atoms with E-state index < -0.39 is 11.9 Å². The third kappa shape index (κ3) is 5.06. The van der Waals surface area contributed by atoms with Crippen LogP contribution >= 0.6 is 0 Å². The minimum atomic E-state index is -0.592. The smallest absolute Gasteiger partial charge is 0.338 e. The fourth-order valence-electron chi connectivity index (χ4n) is 3.16. The number of hydrogen-bond donors (Lipinski definition) is 1. The summed E-state index contributed by atoms with van der Waals surface area (Å²) in [5.74, 6) is -1.19. The van der Waals surface area contributed by atoms with Gasteiger partial charge in [0.1, 0.15) is 6.42 Å². The average molecular weight is 357 g/mol. The summed E-state index contributed by atoms with van der Waals surface area (Å²) < 4.78 is 5.14. The van der Waals surface area contributed by atoms with E-state index in [1.807, 2.05) is 13.8 Å². The second kappa shape index (κ2) is 8.99. The van der Waals surface area contributed by atoms with Crippen molar-refractivity contribution >= 4 is 23.5 Å². The zero-order chi connectivity index (χ0) is 19.1. The predicted octanol–water partition coefficient (Wildman–Crippen LogP) is 2.49. The molecule has 0 aliphatic carbocycles. The molecule has 1 aromatic rings. The van der Waals surface area contributed by atoms with Gasteiger partial charge in [-0.05, 0) is 57.4 Å². The van der Waals surface area contributed by atoms with Crippen LogP contribution in [0.3, 0.4) is 0 Å². The number of esters is 1. The lowest BCUT2D eigenvalue weighted by Gasteiger charge is -2.38. The molecule has 1 heterocycles. The number of anilines is 1. The molecule has 0 radical (unpaired) electrons. The van der Waals surface area contributed by atoms with Crippen molar-refractivity contribution in [2.75, 3.05) is 11.9 Å². The number of rotatable bonds is 5. The van der Waals surface area contributed by atoms with E-state index in [2.05, 4.69) is 5.32 Å². The number of likely N-dealkylation sites (tertiary alicyclic amines) is 1. The van der Waals surface area contributed by atoms with Gasteiger partial charge in [-0.15, -0.1) is 0 Å². The maximum Gasteiger partial charge on any atom is 0.338 e. The van der Waals surface area contributed by atoms with E-state index in [0.29, 0.717) is 5.69 Å². The van der Waals surface area contributed by atoms with Gasteiger partial charge in [-0.3, -0.25) is 9.59 Å². The predicted molar refractivity (Wildman–Crippen MR) is 95.2 cm³/mol. The molecule has 7 heteroatoms. The van der Waals surface area contributed by atoms with Crippen molar-refractivity contribution in [1.82, 2.24) is 4.90 Å². The molecule has 26 heavy (non-hydrogen) atoms. The highest BCUT2D eigenvalue weighted by molar-refractivity contribution is 5.94. The monoisotopic (exact) mass is 357 g/mol. The highest BCUT2D eigenvalue weighted by atomic mass is 16.5. The maximum atomic E-state index is 12.4. The third-order valence-electron chi connectivity index (χ3n) is 4.45. The Morgan fingerprint density at radius 3 is 2.38 bits per heavy atom. The Labute approximate surface area is 152 Å². The Morgan fingerprint density at radius 1 is 1.19 bits per heavy atom. The van der Waals surface area contributed by atoms with E-state index >= 15 is 0 Å². The first-order valence-corrected chi connectivity index (χ1v) is 8.67. The highest BCUT2D eigenvalue weighted by Gasteiger charge is 2.29. The summed E-state index contributed by atoms with van der Waals surface area (Å²) in [4.78, 5) is 37.6. The van der Waals surface area contributed by atoms with Crippen LogP contribution in [-0.2, 0) is 14.3 Å². The molecule has 1 saturated heterocycles. The summed E-state index contributed by atoms with van der Waals surface area (Å²) in [6.45, 7) is 3.73. The molecule has 0 aromatic heterocycles. The number of nitriles is 1. The van der Waals surface area contributed by atoms with E-state index in [-0.39, 0.29) is 36.6 Å². The number of nitrogens with zero attached hydrogens (tertiary/aromatic N) is 2. The van der Waals surface area contributed by atoms with Gasteiger partial charge >= 0.3 is 5.97 Å². The van der Waals surface area contributed by atoms with Crippen molar-refractivity contribution in [3.8, 4) is 6.07 Å². The zero-order valence-corrected chi connectivity index (χ0v) is 15.0. The number of amides is 2. The molecule has 0 spiro atoms. The lowest BCUT2D eigenvalue weighted by molar-refractivity contribution is -0.140. The summed E-state index contributed by atoms with van der Waals surface area (Å²) >= 11 is 0. The van der Waals surface area contributed by atoms with Crippen molar-refractivity contribution in [1.29, 1.82) is 5.26 Å². The van der Waals surface area contributed by atoms with Gasteiger partial charge in [-0.2, -0.15) is 5.26 Å². The molecule has 0 unspecified atom stereocenters. The van der Waals surface area contributed by atoms with Gasteiger partial charge < -0.3 is 15.0 Å². The van der Waals surface area contributed by atoms with Gasteiger partial charge in [0, 0.05) is 17.8 Å². The zero-order valence-electron chi connectivity index (χ0n) is 15.0. The van der Waals surface area contributed by atoms with Gasteiger partial charge in [0.2, 0.25) is 5.91 Å². The molecule has 0 bridgehead atoms. The number of piperidine rings is 1. The van der Waals surface area contributed by atoms with E-state index in [4.69, 9.17) is 10.00 Å². The van der Waals surface area contributed by atoms with Crippen molar-refractivity contribution in [3.05, 3.63) is 29.8 Å². The Bertz CT molecular complexity index is 698. The summed E-state index contributed by atoms with van der Waals surface area (Å²) in [7, 11) is 0. The Kier molecular flexibility index (Phi) is 6.73. The standard InChI is InChI=1S/C19H23N3O4/c1-13-4-3-5-14(2)22(13)18(24)12-26-19(25)15-6-8-16(9-7-15)21-17(23)10-11-20/h6-9,13-14H,3-5,10,12H2,1-2H3,(H,21,23)/t13-,14+. The van der Waals surface area contributed by atoms with Crippen molar-refractivity contribution in [2.45, 2.75) is 51.6 Å². The second-order valence-corrected chi connectivity index (χ2v) is 6.47. The molecule has 2 atom stereocenters. The first-order chi connectivity index (χ1) is 12.4. The number of nitrogens with one attached hydrogen (secondary N) is 1. The van der Waals surface area contributed by atoms with Crippen LogP contribution < -0.4 is 5.32 Å². The topological polar surface area (TPSA) is 99.5 Å². The molecule has 2 rings (SSSR count). The van der Waals surface area contributed by atoms with Gasteiger partial charge in [0.15, 0.2) is 6.61 Å². The highest BCUT2D eigenvalue weighted by Crippen LogP contribution is 2.22. The van der Waals surface area contributed by atoms with Crippen LogP contribution in [0.25, 0.3) is 0 Å². The Morgan fingerprint density at radius 2 is 1.81 bits per heavy atom. The molecule has 2 amide bonds. The fourth-order valence-corrected chi connectivity index (χ4v) is 3.16. The van der Waals surface area contributed by atoms with E-state index in [0.717, 1.165) is 19.3 Å².